The summed E-state index contributed by atoms with van der Waals surface area (Å²) in [6, 6.07) is 7.04. The third kappa shape index (κ3) is 5.67. The first kappa shape index (κ1) is 29.7. The van der Waals surface area contributed by atoms with E-state index in [2.05, 4.69) is 0 Å². The number of likely N-dealkylation sites (tertiary alicyclic amines) is 1. The van der Waals surface area contributed by atoms with Crippen molar-refractivity contribution < 1.29 is 31.5 Å². The Labute approximate surface area is 243 Å². The molecule has 5 rings (SSSR count). The zero-order valence-electron chi connectivity index (χ0n) is 22.9. The number of carbonyl (C=O) groups is 2. The van der Waals surface area contributed by atoms with Crippen molar-refractivity contribution in [2.45, 2.75) is 54.6 Å². The van der Waals surface area contributed by atoms with Gasteiger partial charge in [-0.05, 0) is 81.1 Å². The zero-order chi connectivity index (χ0) is 29.5. The van der Waals surface area contributed by atoms with Crippen LogP contribution in [0.15, 0.2) is 47.4 Å². The molecule has 3 heterocycles. The average Bonchev–Trinajstić information content (AvgIpc) is 3.14. The van der Waals surface area contributed by atoms with Gasteiger partial charge in [-0.1, -0.05) is 11.6 Å². The highest BCUT2D eigenvalue weighted by atomic mass is 35.5. The summed E-state index contributed by atoms with van der Waals surface area (Å²) in [5.74, 6) is -1.58. The smallest absolute Gasteiger partial charge is 0.409 e. The molecule has 0 N–H and O–H groups in total. The molecule has 0 unspecified atom stereocenters. The normalized spacial score (nSPS) is 23.8. The fourth-order valence-electron chi connectivity index (χ4n) is 6.34. The number of ether oxygens (including phenoxy) is 1. The number of sulfonamides is 1. The molecule has 222 valence electrons. The lowest BCUT2D eigenvalue weighted by Crippen LogP contribution is -2.56. The summed E-state index contributed by atoms with van der Waals surface area (Å²) in [5.41, 5.74) is -0.445. The maximum atomic E-state index is 14.2. The number of piperidine rings is 2. The number of hydrogen-bond acceptors (Lipinski definition) is 6. The molecule has 2 atom stereocenters. The molecule has 3 aliphatic rings. The van der Waals surface area contributed by atoms with Gasteiger partial charge in [-0.2, -0.15) is 4.31 Å². The van der Waals surface area contributed by atoms with Gasteiger partial charge in [0.1, 0.15) is 23.8 Å². The van der Waals surface area contributed by atoms with Crippen LogP contribution < -0.4 is 0 Å². The summed E-state index contributed by atoms with van der Waals surface area (Å²) < 4.78 is 63.1. The van der Waals surface area contributed by atoms with E-state index in [9.17, 15) is 26.8 Å². The molecule has 41 heavy (non-hydrogen) atoms. The predicted molar refractivity (Wildman–Crippen MR) is 148 cm³/mol. The molecule has 13 heteroatoms. The van der Waals surface area contributed by atoms with Gasteiger partial charge >= 0.3 is 6.09 Å². The third-order valence-electron chi connectivity index (χ3n) is 8.49. The van der Waals surface area contributed by atoms with Crippen LogP contribution in [0.25, 0.3) is 0 Å². The summed E-state index contributed by atoms with van der Waals surface area (Å²) in [6.07, 6.45) is 1.63. The highest BCUT2D eigenvalue weighted by molar-refractivity contribution is 7.89. The Morgan fingerprint density at radius 3 is 2.27 bits per heavy atom. The van der Waals surface area contributed by atoms with Crippen molar-refractivity contribution in [2.75, 3.05) is 40.5 Å². The molecule has 2 amide bonds. The summed E-state index contributed by atoms with van der Waals surface area (Å²) in [7, 11) is -0.524. The van der Waals surface area contributed by atoms with Crippen LogP contribution in [0.1, 0.15) is 43.7 Å². The van der Waals surface area contributed by atoms with Crippen molar-refractivity contribution in [3.05, 3.63) is 64.7 Å². The van der Waals surface area contributed by atoms with Gasteiger partial charge in [-0.15, -0.1) is 0 Å². The van der Waals surface area contributed by atoms with Crippen LogP contribution in [0.2, 0.25) is 5.02 Å². The summed E-state index contributed by atoms with van der Waals surface area (Å²) >= 11 is 5.98. The molecular weight excluding hydrogens is 578 g/mol. The average molecular weight is 611 g/mol. The number of likely N-dealkylation sites (N-methyl/N-ethyl adjacent to an activating group) is 2. The second-order valence-electron chi connectivity index (χ2n) is 11.0. The second-order valence-corrected chi connectivity index (χ2v) is 13.3. The number of benzene rings is 2. The van der Waals surface area contributed by atoms with Gasteiger partial charge in [0, 0.05) is 31.2 Å². The quantitative estimate of drug-likeness (QED) is 0.503. The molecule has 3 fully saturated rings. The standard InChI is InChI=1S/C28H33ClF2N4O5S/c1-32-18-33(2)28(26(32)36)10-12-34(13-11-28)27(37)40-17-23-4-3-5-25(19-14-21(30)16-22(31)15-19)35(23)41(38,39)24-8-6-20(29)7-9-24/h6-9,14-16,23,25H,3-5,10-13,17-18H2,1-2H3/t23-,25+/m1/s1. The molecule has 0 aromatic heterocycles. The molecule has 0 aliphatic carbocycles. The highest BCUT2D eigenvalue weighted by Crippen LogP contribution is 2.40. The summed E-state index contributed by atoms with van der Waals surface area (Å²) in [4.78, 5) is 31.1. The lowest BCUT2D eigenvalue weighted by molar-refractivity contribution is -0.134. The second kappa shape index (κ2) is 11.5. The van der Waals surface area contributed by atoms with E-state index in [-0.39, 0.29) is 23.0 Å². The molecule has 3 aliphatic heterocycles. The molecule has 2 aromatic carbocycles. The van der Waals surface area contributed by atoms with Crippen LogP contribution in [0.5, 0.6) is 0 Å². The van der Waals surface area contributed by atoms with E-state index in [4.69, 9.17) is 16.3 Å². The van der Waals surface area contributed by atoms with E-state index in [1.165, 1.54) is 33.5 Å². The number of carbonyl (C=O) groups excluding carboxylic acids is 2. The van der Waals surface area contributed by atoms with E-state index in [0.717, 1.165) is 18.2 Å². The minimum absolute atomic E-state index is 0.0290. The Bertz CT molecular complexity index is 1400. The maximum absolute atomic E-state index is 14.2. The minimum Gasteiger partial charge on any atom is -0.448 e. The topological polar surface area (TPSA) is 90.5 Å². The Morgan fingerprint density at radius 1 is 1.05 bits per heavy atom. The van der Waals surface area contributed by atoms with Gasteiger partial charge in [-0.25, -0.2) is 22.0 Å². The lowest BCUT2D eigenvalue weighted by Gasteiger charge is -2.42. The van der Waals surface area contributed by atoms with Crippen molar-refractivity contribution in [1.82, 2.24) is 19.0 Å². The zero-order valence-corrected chi connectivity index (χ0v) is 24.5. The Morgan fingerprint density at radius 2 is 1.68 bits per heavy atom. The molecule has 0 bridgehead atoms. The van der Waals surface area contributed by atoms with Gasteiger partial charge < -0.3 is 14.5 Å². The van der Waals surface area contributed by atoms with Crippen molar-refractivity contribution in [2.24, 2.45) is 0 Å². The minimum atomic E-state index is -4.18. The largest absolute Gasteiger partial charge is 0.448 e. The van der Waals surface area contributed by atoms with E-state index >= 15 is 0 Å². The van der Waals surface area contributed by atoms with Gasteiger partial charge in [0.05, 0.1) is 23.6 Å². The first-order valence-corrected chi connectivity index (χ1v) is 15.4. The van der Waals surface area contributed by atoms with E-state index in [1.54, 1.807) is 11.9 Å². The van der Waals surface area contributed by atoms with Crippen LogP contribution in [-0.4, -0.2) is 91.5 Å². The van der Waals surface area contributed by atoms with Crippen molar-refractivity contribution in [3.63, 3.8) is 0 Å². The number of rotatable bonds is 5. The summed E-state index contributed by atoms with van der Waals surface area (Å²) in [6.45, 7) is 0.944. The van der Waals surface area contributed by atoms with Crippen LogP contribution in [0, 0.1) is 11.6 Å². The van der Waals surface area contributed by atoms with Crippen molar-refractivity contribution in [3.8, 4) is 0 Å². The molecule has 2 aromatic rings. The van der Waals surface area contributed by atoms with Gasteiger partial charge in [0.15, 0.2) is 0 Å². The van der Waals surface area contributed by atoms with E-state index in [0.29, 0.717) is 56.9 Å². The Kier molecular flexibility index (Phi) is 8.30. The van der Waals surface area contributed by atoms with Gasteiger partial charge in [0.25, 0.3) is 0 Å². The molecular formula is C28H33ClF2N4O5S. The SMILES string of the molecule is CN1CN(C)C2(CCN(C(=O)OC[C@H]3CCC[C@@H](c4cc(F)cc(F)c4)N3S(=O)(=O)c3ccc(Cl)cc3)CC2)C1=O. The predicted octanol–water partition coefficient (Wildman–Crippen LogP) is 4.24. The van der Waals surface area contributed by atoms with Crippen molar-refractivity contribution in [1.29, 1.82) is 0 Å². The maximum Gasteiger partial charge on any atom is 0.409 e. The van der Waals surface area contributed by atoms with Crippen molar-refractivity contribution >= 4 is 33.6 Å². The number of halogens is 3. The Hall–Kier alpha value is -2.80. The van der Waals surface area contributed by atoms with Crippen LogP contribution in [0.4, 0.5) is 13.6 Å². The first-order chi connectivity index (χ1) is 19.4. The molecule has 0 saturated carbocycles. The fraction of sp³-hybridized carbons (Fsp3) is 0.500. The van der Waals surface area contributed by atoms with Crippen LogP contribution in [0.3, 0.4) is 0 Å². The molecule has 9 nitrogen and oxygen atoms in total. The van der Waals surface area contributed by atoms with Crippen LogP contribution in [-0.2, 0) is 19.6 Å². The van der Waals surface area contributed by atoms with Gasteiger partial charge in [0.2, 0.25) is 15.9 Å². The number of hydrogen-bond donors (Lipinski definition) is 0. The first-order valence-electron chi connectivity index (χ1n) is 13.6. The molecule has 1 spiro atoms. The highest BCUT2D eigenvalue weighted by Gasteiger charge is 2.51. The third-order valence-corrected chi connectivity index (χ3v) is 10.7. The summed E-state index contributed by atoms with van der Waals surface area (Å²) in [5, 5.41) is 0.359. The monoisotopic (exact) mass is 610 g/mol. The molecule has 3 saturated heterocycles. The fourth-order valence-corrected chi connectivity index (χ4v) is 8.31. The van der Waals surface area contributed by atoms with E-state index < -0.39 is 45.4 Å². The van der Waals surface area contributed by atoms with E-state index in [1.807, 2.05) is 11.9 Å². The Balaban J connectivity index is 1.35. The van der Waals surface area contributed by atoms with Crippen LogP contribution >= 0.6 is 11.6 Å². The van der Waals surface area contributed by atoms with Gasteiger partial charge in [-0.3, -0.25) is 9.69 Å². The number of nitrogens with zero attached hydrogens (tertiary/aromatic N) is 4. The number of amides is 2. The lowest BCUT2D eigenvalue weighted by atomic mass is 9.86. The molecule has 0 radical (unpaired) electrons.